The minimum Gasteiger partial charge on any atom is -0.299 e. The summed E-state index contributed by atoms with van der Waals surface area (Å²) in [5.74, 6) is 0.892. The molecule has 0 aliphatic carbocycles. The van der Waals surface area contributed by atoms with Gasteiger partial charge in [-0.1, -0.05) is 25.5 Å². The van der Waals surface area contributed by atoms with E-state index in [2.05, 4.69) is 11.8 Å². The van der Waals surface area contributed by atoms with Gasteiger partial charge in [-0.25, -0.2) is 8.42 Å². The molecule has 0 radical (unpaired) electrons. The summed E-state index contributed by atoms with van der Waals surface area (Å²) in [6.45, 7) is 5.52. The summed E-state index contributed by atoms with van der Waals surface area (Å²) >= 11 is 0. The molecule has 106 valence electrons. The highest BCUT2D eigenvalue weighted by Crippen LogP contribution is 2.21. The Bertz CT molecular complexity index is 499. The van der Waals surface area contributed by atoms with Gasteiger partial charge < -0.3 is 0 Å². The Morgan fingerprint density at radius 3 is 2.21 bits per heavy atom. The maximum absolute atomic E-state index is 11.4. The Morgan fingerprint density at radius 2 is 1.74 bits per heavy atom. The van der Waals surface area contributed by atoms with Gasteiger partial charge in [-0.15, -0.1) is 0 Å². The number of likely N-dealkylation sites (tertiary alicyclic amines) is 1. The van der Waals surface area contributed by atoms with Crippen LogP contribution in [0.1, 0.15) is 31.7 Å². The zero-order chi connectivity index (χ0) is 13.9. The first kappa shape index (κ1) is 14.5. The van der Waals surface area contributed by atoms with Gasteiger partial charge in [-0.2, -0.15) is 0 Å². The fraction of sp³-hybridized carbons (Fsp3) is 0.600. The number of hydrogen-bond donors (Lipinski definition) is 0. The highest BCUT2D eigenvalue weighted by Gasteiger charge is 2.17. The van der Waals surface area contributed by atoms with Crippen molar-refractivity contribution < 1.29 is 8.42 Å². The Morgan fingerprint density at radius 1 is 1.16 bits per heavy atom. The predicted molar refractivity (Wildman–Crippen MR) is 77.8 cm³/mol. The summed E-state index contributed by atoms with van der Waals surface area (Å²) in [5.41, 5.74) is 1.20. The molecule has 3 nitrogen and oxygen atoms in total. The van der Waals surface area contributed by atoms with Crippen molar-refractivity contribution in [1.29, 1.82) is 0 Å². The van der Waals surface area contributed by atoms with E-state index in [0.717, 1.165) is 25.6 Å². The average Bonchev–Trinajstić information content (AvgIpc) is 2.39. The monoisotopic (exact) mass is 281 g/mol. The van der Waals surface area contributed by atoms with E-state index < -0.39 is 9.84 Å². The molecule has 2 rings (SSSR count). The van der Waals surface area contributed by atoms with Crippen LogP contribution in [0.4, 0.5) is 0 Å². The first-order valence-corrected chi connectivity index (χ1v) is 8.89. The fourth-order valence-electron chi connectivity index (χ4n) is 2.65. The van der Waals surface area contributed by atoms with Gasteiger partial charge in [0.15, 0.2) is 9.84 Å². The van der Waals surface area contributed by atoms with E-state index >= 15 is 0 Å². The average molecular weight is 281 g/mol. The maximum Gasteiger partial charge on any atom is 0.175 e. The molecule has 0 spiro atoms. The van der Waals surface area contributed by atoms with E-state index in [9.17, 15) is 8.42 Å². The predicted octanol–water partition coefficient (Wildman–Crippen LogP) is 2.71. The third kappa shape index (κ3) is 4.05. The van der Waals surface area contributed by atoms with E-state index in [0.29, 0.717) is 4.90 Å². The van der Waals surface area contributed by atoms with Crippen molar-refractivity contribution in [2.45, 2.75) is 37.6 Å². The van der Waals surface area contributed by atoms with Crippen molar-refractivity contribution in [2.24, 2.45) is 5.92 Å². The number of rotatable bonds is 4. The van der Waals surface area contributed by atoms with Gasteiger partial charge in [-0.05, 0) is 49.5 Å². The number of nitrogens with zero attached hydrogens (tertiary/aromatic N) is 1. The zero-order valence-corrected chi connectivity index (χ0v) is 12.6. The Hall–Kier alpha value is -0.870. The van der Waals surface area contributed by atoms with E-state index in [-0.39, 0.29) is 0 Å². The number of hydrogen-bond acceptors (Lipinski definition) is 3. The van der Waals surface area contributed by atoms with Gasteiger partial charge in [0.25, 0.3) is 0 Å². The molecule has 0 saturated carbocycles. The van der Waals surface area contributed by atoms with Crippen LogP contribution in [0.5, 0.6) is 0 Å². The molecule has 0 bridgehead atoms. The molecule has 4 heteroatoms. The van der Waals surface area contributed by atoms with Crippen LogP contribution in [0.2, 0.25) is 0 Å². The molecule has 1 heterocycles. The lowest BCUT2D eigenvalue weighted by Gasteiger charge is -2.31. The summed E-state index contributed by atoms with van der Waals surface area (Å²) in [6, 6.07) is 7.29. The molecule has 0 aromatic heterocycles. The van der Waals surface area contributed by atoms with Crippen LogP contribution in [-0.2, 0) is 16.4 Å². The van der Waals surface area contributed by atoms with Gasteiger partial charge in [0.05, 0.1) is 4.90 Å². The van der Waals surface area contributed by atoms with Gasteiger partial charge in [0, 0.05) is 12.8 Å². The van der Waals surface area contributed by atoms with Crippen LogP contribution in [0.25, 0.3) is 0 Å². The molecule has 0 atom stereocenters. The molecular formula is C15H23NO2S. The molecule has 1 aromatic rings. The smallest absolute Gasteiger partial charge is 0.175 e. The summed E-state index contributed by atoms with van der Waals surface area (Å²) in [7, 11) is -3.08. The van der Waals surface area contributed by atoms with Crippen LogP contribution in [0, 0.1) is 5.92 Å². The molecule has 1 fully saturated rings. The van der Waals surface area contributed by atoms with E-state index in [4.69, 9.17) is 0 Å². The van der Waals surface area contributed by atoms with E-state index in [1.807, 2.05) is 12.1 Å². The summed E-state index contributed by atoms with van der Waals surface area (Å²) in [4.78, 5) is 2.86. The first-order chi connectivity index (χ1) is 8.99. The fourth-order valence-corrected chi connectivity index (χ4v) is 3.28. The summed E-state index contributed by atoms with van der Waals surface area (Å²) in [5, 5.41) is 0. The molecule has 0 amide bonds. The van der Waals surface area contributed by atoms with Crippen molar-refractivity contribution in [3.63, 3.8) is 0 Å². The van der Waals surface area contributed by atoms with Crippen LogP contribution in [0.3, 0.4) is 0 Å². The normalized spacial score (nSPS) is 18.6. The second-order valence-corrected chi connectivity index (χ2v) is 7.56. The number of sulfone groups is 1. The summed E-state index contributed by atoms with van der Waals surface area (Å²) < 4.78 is 22.8. The third-order valence-corrected chi connectivity index (χ3v) is 5.17. The first-order valence-electron chi connectivity index (χ1n) is 7.00. The lowest BCUT2D eigenvalue weighted by atomic mass is 9.94. The second-order valence-electron chi connectivity index (χ2n) is 5.54. The van der Waals surface area contributed by atoms with Gasteiger partial charge in [0.2, 0.25) is 0 Å². The zero-order valence-electron chi connectivity index (χ0n) is 11.8. The van der Waals surface area contributed by atoms with E-state index in [1.165, 1.54) is 31.1 Å². The van der Waals surface area contributed by atoms with Crippen LogP contribution in [0.15, 0.2) is 29.2 Å². The summed E-state index contributed by atoms with van der Waals surface area (Å²) in [6.07, 6.45) is 5.12. The SMILES string of the molecule is CCC1CCN(Cc2ccc(S(C)(=O)=O)cc2)CC1. The van der Waals surface area contributed by atoms with Crippen LogP contribution in [-0.4, -0.2) is 32.7 Å². The third-order valence-electron chi connectivity index (χ3n) is 4.04. The van der Waals surface area contributed by atoms with Gasteiger partial charge in [0.1, 0.15) is 0 Å². The number of piperidine rings is 1. The Labute approximate surface area is 116 Å². The molecule has 1 aliphatic heterocycles. The topological polar surface area (TPSA) is 37.4 Å². The minimum absolute atomic E-state index is 0.404. The molecule has 19 heavy (non-hydrogen) atoms. The van der Waals surface area contributed by atoms with Crippen molar-refractivity contribution in [3.05, 3.63) is 29.8 Å². The van der Waals surface area contributed by atoms with Crippen molar-refractivity contribution >= 4 is 9.84 Å². The minimum atomic E-state index is -3.08. The standard InChI is InChI=1S/C15H23NO2S/c1-3-13-8-10-16(11-9-13)12-14-4-6-15(7-5-14)19(2,17)18/h4-7,13H,3,8-12H2,1-2H3. The highest BCUT2D eigenvalue weighted by atomic mass is 32.2. The van der Waals surface area contributed by atoms with Gasteiger partial charge in [-0.3, -0.25) is 4.90 Å². The molecule has 0 unspecified atom stereocenters. The highest BCUT2D eigenvalue weighted by molar-refractivity contribution is 7.90. The molecule has 1 aliphatic rings. The molecule has 1 aromatic carbocycles. The van der Waals surface area contributed by atoms with Crippen molar-refractivity contribution in [2.75, 3.05) is 19.3 Å². The van der Waals surface area contributed by atoms with Crippen LogP contribution >= 0.6 is 0 Å². The quantitative estimate of drug-likeness (QED) is 0.851. The van der Waals surface area contributed by atoms with Crippen molar-refractivity contribution in [3.8, 4) is 0 Å². The maximum atomic E-state index is 11.4. The lowest BCUT2D eigenvalue weighted by molar-refractivity contribution is 0.175. The van der Waals surface area contributed by atoms with Gasteiger partial charge >= 0.3 is 0 Å². The Balaban J connectivity index is 1.94. The molecular weight excluding hydrogens is 258 g/mol. The molecule has 1 saturated heterocycles. The van der Waals surface area contributed by atoms with Crippen molar-refractivity contribution in [1.82, 2.24) is 4.90 Å². The Kier molecular flexibility index (Phi) is 4.63. The lowest BCUT2D eigenvalue weighted by Crippen LogP contribution is -2.32. The number of benzene rings is 1. The molecule has 0 N–H and O–H groups in total. The van der Waals surface area contributed by atoms with E-state index in [1.54, 1.807) is 12.1 Å². The van der Waals surface area contributed by atoms with Crippen LogP contribution < -0.4 is 0 Å². The largest absolute Gasteiger partial charge is 0.299 e. The second kappa shape index (κ2) is 6.06.